The highest BCUT2D eigenvalue weighted by Gasteiger charge is 2.29. The van der Waals surface area contributed by atoms with E-state index in [1.807, 2.05) is 36.4 Å². The Hall–Kier alpha value is -2.81. The van der Waals surface area contributed by atoms with Crippen LogP contribution in [0.5, 0.6) is 11.5 Å². The summed E-state index contributed by atoms with van der Waals surface area (Å²) >= 11 is 6.09. The van der Waals surface area contributed by atoms with Gasteiger partial charge in [-0.2, -0.15) is 4.98 Å². The summed E-state index contributed by atoms with van der Waals surface area (Å²) in [5.41, 5.74) is 1.68. The van der Waals surface area contributed by atoms with E-state index in [2.05, 4.69) is 15.1 Å². The molecule has 0 radical (unpaired) electrons. The second-order valence-electron chi connectivity index (χ2n) is 9.63. The van der Waals surface area contributed by atoms with Crippen molar-refractivity contribution in [3.05, 3.63) is 41.4 Å². The first-order chi connectivity index (χ1) is 17.6. The van der Waals surface area contributed by atoms with E-state index in [-0.39, 0.29) is 6.61 Å². The lowest BCUT2D eigenvalue weighted by Crippen LogP contribution is -2.49. The van der Waals surface area contributed by atoms with Crippen LogP contribution in [0.4, 0.5) is 17.5 Å². The fourth-order valence-corrected chi connectivity index (χ4v) is 5.48. The van der Waals surface area contributed by atoms with Crippen molar-refractivity contribution in [1.82, 2.24) is 14.9 Å². The van der Waals surface area contributed by atoms with Gasteiger partial charge in [-0.15, -0.1) is 0 Å². The van der Waals surface area contributed by atoms with Gasteiger partial charge < -0.3 is 24.8 Å². The lowest BCUT2D eigenvalue weighted by Gasteiger charge is -2.42. The number of hydrogen-bond acceptors (Lipinski definition) is 8. The molecular formula is C27H34ClN5O3. The Morgan fingerprint density at radius 2 is 1.72 bits per heavy atom. The molecule has 1 aromatic heterocycles. The van der Waals surface area contributed by atoms with Crippen molar-refractivity contribution in [3.8, 4) is 11.5 Å². The summed E-state index contributed by atoms with van der Waals surface area (Å²) in [6.07, 6.45) is 4.43. The molecule has 2 N–H and O–H groups in total. The van der Waals surface area contributed by atoms with Gasteiger partial charge in [0, 0.05) is 54.4 Å². The van der Waals surface area contributed by atoms with E-state index in [1.165, 1.54) is 6.42 Å². The number of fused-ring (bicyclic) bond motifs is 1. The van der Waals surface area contributed by atoms with Crippen LogP contribution in [-0.2, 0) is 0 Å². The smallest absolute Gasteiger partial charge is 0.227 e. The third kappa shape index (κ3) is 5.31. The maximum Gasteiger partial charge on any atom is 0.227 e. The molecule has 2 aromatic carbocycles. The van der Waals surface area contributed by atoms with Gasteiger partial charge in [0.15, 0.2) is 11.5 Å². The molecule has 0 bridgehead atoms. The van der Waals surface area contributed by atoms with Crippen molar-refractivity contribution in [1.29, 1.82) is 0 Å². The number of aliphatic hydroxyl groups is 1. The fourth-order valence-electron chi connectivity index (χ4n) is 5.36. The summed E-state index contributed by atoms with van der Waals surface area (Å²) in [5.74, 6) is 3.09. The van der Waals surface area contributed by atoms with E-state index in [1.54, 1.807) is 14.2 Å². The third-order valence-electron chi connectivity index (χ3n) is 7.37. The van der Waals surface area contributed by atoms with Crippen LogP contribution < -0.4 is 19.7 Å². The molecule has 3 heterocycles. The zero-order valence-corrected chi connectivity index (χ0v) is 21.7. The van der Waals surface area contributed by atoms with E-state index < -0.39 is 0 Å². The Bertz CT molecular complexity index is 1180. The molecule has 0 amide bonds. The third-order valence-corrected chi connectivity index (χ3v) is 7.62. The van der Waals surface area contributed by atoms with Gasteiger partial charge in [-0.25, -0.2) is 4.98 Å². The number of aromatic nitrogens is 2. The van der Waals surface area contributed by atoms with Crippen LogP contribution >= 0.6 is 11.6 Å². The summed E-state index contributed by atoms with van der Waals surface area (Å²) in [7, 11) is 3.26. The lowest BCUT2D eigenvalue weighted by atomic mass is 9.94. The maximum atomic E-state index is 9.62. The summed E-state index contributed by atoms with van der Waals surface area (Å²) in [6.45, 7) is 4.21. The number of halogens is 1. The number of methoxy groups -OCH3 is 2. The Morgan fingerprint density at radius 3 is 2.42 bits per heavy atom. The number of aliphatic hydroxyl groups excluding tert-OH is 1. The maximum absolute atomic E-state index is 9.62. The Labute approximate surface area is 217 Å². The molecule has 0 unspecified atom stereocenters. The normalized spacial score (nSPS) is 19.4. The number of nitrogens with one attached hydrogen (secondary N) is 1. The minimum atomic E-state index is 0.290. The molecule has 2 saturated heterocycles. The fraction of sp³-hybridized carbons (Fsp3) is 0.481. The predicted molar refractivity (Wildman–Crippen MR) is 144 cm³/mol. The van der Waals surface area contributed by atoms with Crippen LogP contribution in [0.1, 0.15) is 25.7 Å². The summed E-state index contributed by atoms with van der Waals surface area (Å²) < 4.78 is 11.1. The van der Waals surface area contributed by atoms with Crippen LogP contribution in [-0.4, -0.2) is 73.0 Å². The van der Waals surface area contributed by atoms with Crippen LogP contribution in [0.2, 0.25) is 5.02 Å². The molecule has 8 nitrogen and oxygen atoms in total. The van der Waals surface area contributed by atoms with E-state index in [4.69, 9.17) is 31.0 Å². The molecule has 192 valence electrons. The number of ether oxygens (including phenoxy) is 2. The van der Waals surface area contributed by atoms with Gasteiger partial charge in [-0.3, -0.25) is 4.90 Å². The van der Waals surface area contributed by atoms with Gasteiger partial charge >= 0.3 is 0 Å². The van der Waals surface area contributed by atoms with Crippen LogP contribution in [0, 0.1) is 5.92 Å². The highest BCUT2D eigenvalue weighted by molar-refractivity contribution is 6.30. The molecule has 2 aliphatic rings. The van der Waals surface area contributed by atoms with Crippen molar-refractivity contribution >= 4 is 40.0 Å². The predicted octanol–water partition coefficient (Wildman–Crippen LogP) is 4.72. The molecule has 3 aromatic rings. The standard InChI is InChI=1S/C27H34ClN5O3/c1-35-24-14-22-23(15-25(24)36-2)30-27(31-26(22)29-20-7-5-19(28)6-8-20)32-12-9-21(10-13-32)33-11-3-4-18(16-33)17-34/h5-8,14-15,18,21,34H,3-4,9-13,16-17H2,1-2H3,(H,29,30,31)/t18-/m0/s1. The first-order valence-electron chi connectivity index (χ1n) is 12.6. The first-order valence-corrected chi connectivity index (χ1v) is 13.0. The summed E-state index contributed by atoms with van der Waals surface area (Å²) in [4.78, 5) is 14.7. The van der Waals surface area contributed by atoms with Gasteiger partial charge in [0.1, 0.15) is 5.82 Å². The number of likely N-dealkylation sites (tertiary alicyclic amines) is 1. The van der Waals surface area contributed by atoms with Crippen LogP contribution in [0.25, 0.3) is 10.9 Å². The lowest BCUT2D eigenvalue weighted by molar-refractivity contribution is 0.0776. The van der Waals surface area contributed by atoms with Crippen LogP contribution in [0.15, 0.2) is 36.4 Å². The van der Waals surface area contributed by atoms with E-state index >= 15 is 0 Å². The molecule has 9 heteroatoms. The van der Waals surface area contributed by atoms with Crippen LogP contribution in [0.3, 0.4) is 0 Å². The zero-order chi connectivity index (χ0) is 25.1. The number of rotatable bonds is 7. The monoisotopic (exact) mass is 511 g/mol. The average Bonchev–Trinajstić information content (AvgIpc) is 2.93. The zero-order valence-electron chi connectivity index (χ0n) is 20.9. The van der Waals surface area contributed by atoms with Gasteiger partial charge in [-0.1, -0.05) is 11.6 Å². The second kappa shape index (κ2) is 11.1. The molecule has 36 heavy (non-hydrogen) atoms. The number of benzene rings is 2. The van der Waals surface area contributed by atoms with Crippen molar-refractivity contribution in [2.24, 2.45) is 5.92 Å². The Morgan fingerprint density at radius 1 is 1.00 bits per heavy atom. The quantitative estimate of drug-likeness (QED) is 0.471. The molecule has 2 aliphatic heterocycles. The molecule has 2 fully saturated rings. The minimum absolute atomic E-state index is 0.290. The van der Waals surface area contributed by atoms with Crippen molar-refractivity contribution in [3.63, 3.8) is 0 Å². The molecule has 0 aliphatic carbocycles. The number of piperidine rings is 2. The van der Waals surface area contributed by atoms with E-state index in [0.717, 1.165) is 62.0 Å². The van der Waals surface area contributed by atoms with Crippen molar-refractivity contribution < 1.29 is 14.6 Å². The van der Waals surface area contributed by atoms with E-state index in [9.17, 15) is 5.11 Å². The average molecular weight is 512 g/mol. The Balaban J connectivity index is 1.42. The van der Waals surface area contributed by atoms with E-state index in [0.29, 0.717) is 40.2 Å². The number of nitrogens with zero attached hydrogens (tertiary/aromatic N) is 4. The number of anilines is 3. The topological polar surface area (TPSA) is 83.0 Å². The van der Waals surface area contributed by atoms with Gasteiger partial charge in [0.05, 0.1) is 19.7 Å². The SMILES string of the molecule is COc1cc2nc(N3CCC(N4CCC[C@H](CO)C4)CC3)nc(Nc3ccc(Cl)cc3)c2cc1OC. The molecule has 0 saturated carbocycles. The highest BCUT2D eigenvalue weighted by Crippen LogP contribution is 2.36. The summed E-state index contributed by atoms with van der Waals surface area (Å²) in [6, 6.07) is 11.9. The molecular weight excluding hydrogens is 478 g/mol. The molecule has 5 rings (SSSR count). The first kappa shape index (κ1) is 24.9. The van der Waals surface area contributed by atoms with Gasteiger partial charge in [0.25, 0.3) is 0 Å². The minimum Gasteiger partial charge on any atom is -0.493 e. The molecule has 1 atom stereocenters. The molecule has 0 spiro atoms. The van der Waals surface area contributed by atoms with Crippen molar-refractivity contribution in [2.45, 2.75) is 31.7 Å². The highest BCUT2D eigenvalue weighted by atomic mass is 35.5. The Kier molecular flexibility index (Phi) is 7.65. The van der Waals surface area contributed by atoms with Crippen molar-refractivity contribution in [2.75, 3.05) is 57.2 Å². The second-order valence-corrected chi connectivity index (χ2v) is 10.1. The van der Waals surface area contributed by atoms with Gasteiger partial charge in [0.2, 0.25) is 5.95 Å². The largest absolute Gasteiger partial charge is 0.493 e. The summed E-state index contributed by atoms with van der Waals surface area (Å²) in [5, 5.41) is 14.6. The number of hydrogen-bond donors (Lipinski definition) is 2. The van der Waals surface area contributed by atoms with Gasteiger partial charge in [-0.05, 0) is 68.5 Å².